The summed E-state index contributed by atoms with van der Waals surface area (Å²) >= 11 is 0. The molecule has 6 nitrogen and oxygen atoms in total. The number of aliphatic carboxylic acids is 1. The number of epoxide rings is 2. The second-order valence-corrected chi connectivity index (χ2v) is 9.66. The van der Waals surface area contributed by atoms with Crippen LogP contribution in [0.2, 0.25) is 0 Å². The van der Waals surface area contributed by atoms with Gasteiger partial charge in [-0.2, -0.15) is 0 Å². The lowest BCUT2D eigenvalue weighted by atomic mass is 9.75. The van der Waals surface area contributed by atoms with Crippen LogP contribution in [0.3, 0.4) is 0 Å². The van der Waals surface area contributed by atoms with E-state index in [1.165, 1.54) is 38.5 Å². The molecule has 2 saturated heterocycles. The topological polar surface area (TPSA) is 88.7 Å². The Kier molecular flexibility index (Phi) is 5.47. The Labute approximate surface area is 167 Å². The van der Waals surface area contributed by atoms with Crippen molar-refractivity contribution in [3.63, 3.8) is 0 Å². The highest BCUT2D eigenvalue weighted by atomic mass is 17.0. The molecule has 158 valence electrons. The van der Waals surface area contributed by atoms with Crippen LogP contribution in [0.5, 0.6) is 0 Å². The number of carboxylic acid groups (broad SMARTS) is 1. The van der Waals surface area contributed by atoms with Gasteiger partial charge in [0.25, 0.3) is 0 Å². The maximum atomic E-state index is 13.1. The third-order valence-corrected chi connectivity index (χ3v) is 7.76. The minimum absolute atomic E-state index is 0.212. The summed E-state index contributed by atoms with van der Waals surface area (Å²) in [6, 6.07) is 0. The number of rotatable bonds is 8. The average Bonchev–Trinajstić information content (AvgIpc) is 3.46. The molecule has 0 bridgehead atoms. The first-order valence-corrected chi connectivity index (χ1v) is 11.2. The summed E-state index contributed by atoms with van der Waals surface area (Å²) in [6.45, 7) is 4.95. The number of fused-ring (bicyclic) bond motifs is 1. The summed E-state index contributed by atoms with van der Waals surface area (Å²) in [7, 11) is 0. The van der Waals surface area contributed by atoms with Gasteiger partial charge in [0.05, 0.1) is 6.61 Å². The number of carbonyl (C=O) groups excluding carboxylic acids is 1. The summed E-state index contributed by atoms with van der Waals surface area (Å²) in [4.78, 5) is 24.2. The maximum absolute atomic E-state index is 13.1. The van der Waals surface area contributed by atoms with Crippen LogP contribution in [0.4, 0.5) is 0 Å². The predicted molar refractivity (Wildman–Crippen MR) is 101 cm³/mol. The van der Waals surface area contributed by atoms with E-state index in [4.69, 9.17) is 19.3 Å². The van der Waals surface area contributed by atoms with Crippen molar-refractivity contribution in [1.29, 1.82) is 0 Å². The van der Waals surface area contributed by atoms with Crippen molar-refractivity contribution < 1.29 is 28.9 Å². The van der Waals surface area contributed by atoms with E-state index >= 15 is 0 Å². The van der Waals surface area contributed by atoms with Gasteiger partial charge in [-0.05, 0) is 36.5 Å². The molecule has 2 aliphatic carbocycles. The standard InChI is InChI=1S/C22H34O6/c1-14-7-3-5-9-16(14)11-18(22-21(27-22,28-22)12-19(23)24)20(25)26-13-17-10-6-4-8-15(17)2/h14-18H,3-13H2,1-2H3,(H,23,24). The van der Waals surface area contributed by atoms with E-state index in [9.17, 15) is 9.59 Å². The second-order valence-electron chi connectivity index (χ2n) is 9.66. The minimum atomic E-state index is -1.08. The summed E-state index contributed by atoms with van der Waals surface area (Å²) in [5.74, 6) is -1.87. The average molecular weight is 395 g/mol. The zero-order chi connectivity index (χ0) is 19.9. The Morgan fingerprint density at radius 3 is 2.14 bits per heavy atom. The quantitative estimate of drug-likeness (QED) is 0.492. The van der Waals surface area contributed by atoms with E-state index in [1.54, 1.807) is 0 Å². The van der Waals surface area contributed by atoms with Crippen molar-refractivity contribution in [2.75, 3.05) is 6.61 Å². The zero-order valence-corrected chi connectivity index (χ0v) is 17.2. The normalized spacial score (nSPS) is 42.9. The molecular formula is C22H34O6. The summed E-state index contributed by atoms with van der Waals surface area (Å²) in [6.07, 6.45) is 9.94. The van der Waals surface area contributed by atoms with Crippen molar-refractivity contribution in [3.8, 4) is 0 Å². The Bertz CT molecular complexity index is 610. The highest BCUT2D eigenvalue weighted by Gasteiger charge is 2.95. The van der Waals surface area contributed by atoms with Crippen molar-refractivity contribution in [2.45, 2.75) is 89.6 Å². The Hall–Kier alpha value is -1.14. The van der Waals surface area contributed by atoms with Crippen LogP contribution >= 0.6 is 0 Å². The van der Waals surface area contributed by atoms with Gasteiger partial charge in [-0.3, -0.25) is 9.59 Å². The SMILES string of the molecule is CC1CCCCC1COC(=O)C(CC1CCCCC1C)C12OC1(CC(=O)O)O2. The van der Waals surface area contributed by atoms with Gasteiger partial charge in [-0.1, -0.05) is 58.8 Å². The van der Waals surface area contributed by atoms with Crippen LogP contribution in [0.1, 0.15) is 78.1 Å². The third kappa shape index (κ3) is 3.70. The maximum Gasteiger partial charge on any atom is 0.314 e. The molecule has 4 rings (SSSR count). The molecule has 2 aliphatic heterocycles. The Balaban J connectivity index is 1.41. The number of hydrogen-bond donors (Lipinski definition) is 1. The van der Waals surface area contributed by atoms with Gasteiger partial charge in [0.2, 0.25) is 11.6 Å². The largest absolute Gasteiger partial charge is 0.481 e. The van der Waals surface area contributed by atoms with E-state index in [0.717, 1.165) is 12.8 Å². The van der Waals surface area contributed by atoms with E-state index in [2.05, 4.69) is 13.8 Å². The van der Waals surface area contributed by atoms with Crippen LogP contribution in [0.15, 0.2) is 0 Å². The lowest BCUT2D eigenvalue weighted by Gasteiger charge is -2.32. The molecule has 5 atom stereocenters. The van der Waals surface area contributed by atoms with E-state index in [0.29, 0.717) is 36.7 Å². The first-order valence-electron chi connectivity index (χ1n) is 11.2. The molecule has 1 N–H and O–H groups in total. The van der Waals surface area contributed by atoms with Gasteiger partial charge in [0.15, 0.2) is 0 Å². The van der Waals surface area contributed by atoms with Crippen LogP contribution in [0, 0.1) is 29.6 Å². The fraction of sp³-hybridized carbons (Fsp3) is 0.909. The molecule has 0 aromatic heterocycles. The highest BCUT2D eigenvalue weighted by molar-refractivity contribution is 5.77. The summed E-state index contributed by atoms with van der Waals surface area (Å²) < 4.78 is 17.1. The number of carbonyl (C=O) groups is 2. The van der Waals surface area contributed by atoms with Gasteiger partial charge < -0.3 is 19.3 Å². The number of esters is 1. The Morgan fingerprint density at radius 1 is 1.00 bits per heavy atom. The van der Waals surface area contributed by atoms with Gasteiger partial charge in [-0.25, -0.2) is 0 Å². The molecule has 0 spiro atoms. The van der Waals surface area contributed by atoms with Crippen molar-refractivity contribution in [2.24, 2.45) is 29.6 Å². The molecular weight excluding hydrogens is 360 g/mol. The van der Waals surface area contributed by atoms with Gasteiger partial charge in [0.1, 0.15) is 12.3 Å². The first kappa shape index (κ1) is 20.1. The molecule has 0 aromatic carbocycles. The van der Waals surface area contributed by atoms with Crippen LogP contribution in [-0.2, 0) is 23.8 Å². The van der Waals surface area contributed by atoms with Gasteiger partial charge >= 0.3 is 11.9 Å². The van der Waals surface area contributed by atoms with E-state index in [-0.39, 0.29) is 12.4 Å². The predicted octanol–water partition coefficient (Wildman–Crippen LogP) is 4.12. The molecule has 2 saturated carbocycles. The fourth-order valence-electron chi connectivity index (χ4n) is 5.63. The first-order chi connectivity index (χ1) is 13.4. The van der Waals surface area contributed by atoms with Gasteiger partial charge in [0, 0.05) is 0 Å². The molecule has 2 heterocycles. The molecule has 0 aromatic rings. The van der Waals surface area contributed by atoms with Crippen molar-refractivity contribution in [3.05, 3.63) is 0 Å². The van der Waals surface area contributed by atoms with Crippen LogP contribution < -0.4 is 0 Å². The highest BCUT2D eigenvalue weighted by Crippen LogP contribution is 2.74. The van der Waals surface area contributed by atoms with Crippen LogP contribution in [0.25, 0.3) is 0 Å². The van der Waals surface area contributed by atoms with Crippen molar-refractivity contribution in [1.82, 2.24) is 0 Å². The third-order valence-electron chi connectivity index (χ3n) is 7.76. The van der Waals surface area contributed by atoms with E-state index in [1.807, 2.05) is 0 Å². The minimum Gasteiger partial charge on any atom is -0.481 e. The molecule has 0 amide bonds. The van der Waals surface area contributed by atoms with Crippen LogP contribution in [-0.4, -0.2) is 35.2 Å². The van der Waals surface area contributed by atoms with E-state index < -0.39 is 23.5 Å². The molecule has 28 heavy (non-hydrogen) atoms. The molecule has 6 heteroatoms. The zero-order valence-electron chi connectivity index (χ0n) is 17.2. The molecule has 0 radical (unpaired) electrons. The molecule has 4 fully saturated rings. The lowest BCUT2D eigenvalue weighted by molar-refractivity contribution is -0.170. The number of ether oxygens (including phenoxy) is 3. The monoisotopic (exact) mass is 394 g/mol. The van der Waals surface area contributed by atoms with Crippen molar-refractivity contribution >= 4 is 11.9 Å². The smallest absolute Gasteiger partial charge is 0.314 e. The second kappa shape index (κ2) is 7.60. The van der Waals surface area contributed by atoms with Gasteiger partial charge in [-0.15, -0.1) is 0 Å². The number of hydrogen-bond acceptors (Lipinski definition) is 5. The summed E-state index contributed by atoms with van der Waals surface area (Å²) in [5.41, 5.74) is 0. The molecule has 5 unspecified atom stereocenters. The fourth-order valence-corrected chi connectivity index (χ4v) is 5.63. The molecule has 4 aliphatic rings. The Morgan fingerprint density at radius 2 is 1.57 bits per heavy atom. The lowest BCUT2D eigenvalue weighted by Crippen LogP contribution is -2.34. The summed E-state index contributed by atoms with van der Waals surface area (Å²) in [5, 5.41) is 9.14. The number of carboxylic acids is 1.